The Hall–Kier alpha value is -4.04. The predicted molar refractivity (Wildman–Crippen MR) is 156 cm³/mol. The van der Waals surface area contributed by atoms with E-state index in [1.165, 1.54) is 4.90 Å². The molecular weight excluding hydrogens is 494 g/mol. The molecule has 0 atom stereocenters. The summed E-state index contributed by atoms with van der Waals surface area (Å²) in [6, 6.07) is 25.1. The fraction of sp³-hybridized carbons (Fsp3) is 0.233. The second kappa shape index (κ2) is 12.5. The van der Waals surface area contributed by atoms with E-state index in [1.54, 1.807) is 16.4 Å². The molecule has 1 aromatic heterocycles. The van der Waals surface area contributed by atoms with Crippen LogP contribution in [0.25, 0.3) is 16.8 Å². The second-order valence-electron chi connectivity index (χ2n) is 9.00. The minimum atomic E-state index is -0.314. The quantitative estimate of drug-likeness (QED) is 0.236. The average Bonchev–Trinajstić information content (AvgIpc) is 3.24. The van der Waals surface area contributed by atoms with Crippen molar-refractivity contribution in [3.63, 3.8) is 0 Å². The Morgan fingerprint density at radius 2 is 1.61 bits per heavy atom. The summed E-state index contributed by atoms with van der Waals surface area (Å²) in [5, 5.41) is 10.8. The van der Waals surface area contributed by atoms with Crippen LogP contribution in [0.2, 0.25) is 0 Å². The smallest absolute Gasteiger partial charge is 0.315 e. The van der Waals surface area contributed by atoms with E-state index in [9.17, 15) is 9.59 Å². The van der Waals surface area contributed by atoms with Gasteiger partial charge in [-0.3, -0.25) is 4.79 Å². The number of urea groups is 1. The van der Waals surface area contributed by atoms with Crippen LogP contribution in [0.1, 0.15) is 24.6 Å². The predicted octanol–water partition coefficient (Wildman–Crippen LogP) is 6.76. The number of aryl methyl sites for hydroxylation is 2. The summed E-state index contributed by atoms with van der Waals surface area (Å²) in [4.78, 5) is 29.1. The molecule has 38 heavy (non-hydrogen) atoms. The van der Waals surface area contributed by atoms with Gasteiger partial charge in [0.1, 0.15) is 12.4 Å². The number of amides is 3. The summed E-state index contributed by atoms with van der Waals surface area (Å²) in [5.74, 6) is 0.288. The third kappa shape index (κ3) is 6.26. The number of rotatable bonds is 9. The number of anilines is 2. The SMILES string of the molecule is CCCN(CC(=O)Nc1c(-c2ccccc2)c(C)nn1-c1ccccc1C)C(=O)Nc1ccc(SC)cc1. The van der Waals surface area contributed by atoms with E-state index >= 15 is 0 Å². The van der Waals surface area contributed by atoms with E-state index in [4.69, 9.17) is 5.10 Å². The first-order valence-corrected chi connectivity index (χ1v) is 13.8. The lowest BCUT2D eigenvalue weighted by molar-refractivity contribution is -0.116. The topological polar surface area (TPSA) is 79.3 Å². The molecule has 0 saturated heterocycles. The van der Waals surface area contributed by atoms with Crippen LogP contribution >= 0.6 is 11.8 Å². The molecule has 7 nitrogen and oxygen atoms in total. The molecule has 4 rings (SSSR count). The van der Waals surface area contributed by atoms with Crippen molar-refractivity contribution in [3.05, 3.63) is 90.1 Å². The average molecular weight is 528 g/mol. The maximum atomic E-state index is 13.4. The van der Waals surface area contributed by atoms with Crippen LogP contribution in [0.15, 0.2) is 83.8 Å². The van der Waals surface area contributed by atoms with Crippen molar-refractivity contribution in [2.45, 2.75) is 32.1 Å². The zero-order valence-corrected chi connectivity index (χ0v) is 23.0. The lowest BCUT2D eigenvalue weighted by Gasteiger charge is -2.22. The number of carbonyl (C=O) groups excluding carboxylic acids is 2. The van der Waals surface area contributed by atoms with Gasteiger partial charge in [0, 0.05) is 22.7 Å². The van der Waals surface area contributed by atoms with Crippen LogP contribution in [-0.2, 0) is 4.79 Å². The molecule has 0 aliphatic heterocycles. The van der Waals surface area contributed by atoms with Gasteiger partial charge in [-0.2, -0.15) is 5.10 Å². The minimum absolute atomic E-state index is 0.0885. The second-order valence-corrected chi connectivity index (χ2v) is 9.88. The first kappa shape index (κ1) is 27.0. The highest BCUT2D eigenvalue weighted by Crippen LogP contribution is 2.34. The lowest BCUT2D eigenvalue weighted by Crippen LogP contribution is -2.41. The third-order valence-electron chi connectivity index (χ3n) is 6.18. The van der Waals surface area contributed by atoms with Gasteiger partial charge < -0.3 is 15.5 Å². The standard InChI is InChI=1S/C30H33N5O2S/c1-5-19-34(30(37)31-24-15-17-25(38-4)18-16-24)20-27(36)32-29-28(23-12-7-6-8-13-23)22(3)33-35(29)26-14-10-9-11-21(26)2/h6-18H,5,19-20H2,1-4H3,(H,31,37)(H,32,36). The van der Waals surface area contributed by atoms with Gasteiger partial charge in [0.25, 0.3) is 0 Å². The van der Waals surface area contributed by atoms with Gasteiger partial charge in [0.05, 0.1) is 11.4 Å². The molecule has 8 heteroatoms. The van der Waals surface area contributed by atoms with Crippen LogP contribution in [0.4, 0.5) is 16.3 Å². The van der Waals surface area contributed by atoms with Crippen molar-refractivity contribution < 1.29 is 9.59 Å². The van der Waals surface area contributed by atoms with Crippen LogP contribution in [0, 0.1) is 13.8 Å². The van der Waals surface area contributed by atoms with E-state index < -0.39 is 0 Å². The Morgan fingerprint density at radius 1 is 0.921 bits per heavy atom. The Morgan fingerprint density at radius 3 is 2.26 bits per heavy atom. The third-order valence-corrected chi connectivity index (χ3v) is 6.92. The minimum Gasteiger partial charge on any atom is -0.315 e. The first-order valence-electron chi connectivity index (χ1n) is 12.6. The summed E-state index contributed by atoms with van der Waals surface area (Å²) >= 11 is 1.64. The molecule has 2 N–H and O–H groups in total. The van der Waals surface area contributed by atoms with Crippen molar-refractivity contribution in [1.82, 2.24) is 14.7 Å². The largest absolute Gasteiger partial charge is 0.322 e. The highest BCUT2D eigenvalue weighted by molar-refractivity contribution is 7.98. The molecule has 0 radical (unpaired) electrons. The van der Waals surface area contributed by atoms with Crippen LogP contribution < -0.4 is 10.6 Å². The summed E-state index contributed by atoms with van der Waals surface area (Å²) in [7, 11) is 0. The summed E-state index contributed by atoms with van der Waals surface area (Å²) < 4.78 is 1.78. The van der Waals surface area contributed by atoms with Crippen molar-refractivity contribution in [3.8, 4) is 16.8 Å². The Bertz CT molecular complexity index is 1400. The number of thioether (sulfide) groups is 1. The van der Waals surface area contributed by atoms with Gasteiger partial charge in [0.15, 0.2) is 0 Å². The van der Waals surface area contributed by atoms with Crippen molar-refractivity contribution in [1.29, 1.82) is 0 Å². The molecule has 0 aliphatic carbocycles. The number of aromatic nitrogens is 2. The molecule has 3 aromatic carbocycles. The fourth-order valence-corrected chi connectivity index (χ4v) is 4.72. The highest BCUT2D eigenvalue weighted by Gasteiger charge is 2.23. The van der Waals surface area contributed by atoms with Crippen molar-refractivity contribution >= 4 is 35.2 Å². The Balaban J connectivity index is 1.61. The van der Waals surface area contributed by atoms with Gasteiger partial charge in [-0.1, -0.05) is 55.5 Å². The maximum Gasteiger partial charge on any atom is 0.322 e. The summed E-state index contributed by atoms with van der Waals surface area (Å²) in [6.45, 7) is 6.29. The molecule has 0 aliphatic rings. The maximum absolute atomic E-state index is 13.4. The van der Waals surface area contributed by atoms with Gasteiger partial charge in [-0.05, 0) is 68.0 Å². The molecule has 196 valence electrons. The number of hydrogen-bond acceptors (Lipinski definition) is 4. The number of nitrogens with zero attached hydrogens (tertiary/aromatic N) is 3. The monoisotopic (exact) mass is 527 g/mol. The molecule has 0 fully saturated rings. The number of benzene rings is 3. The zero-order valence-electron chi connectivity index (χ0n) is 22.2. The Kier molecular flexibility index (Phi) is 8.86. The Labute approximate surface area is 228 Å². The van der Waals surface area contributed by atoms with E-state index in [1.807, 2.05) is 106 Å². The first-order chi connectivity index (χ1) is 18.4. The molecule has 0 unspecified atom stereocenters. The zero-order chi connectivity index (χ0) is 27.1. The molecule has 0 bridgehead atoms. The van der Waals surface area contributed by atoms with Crippen LogP contribution in [0.5, 0.6) is 0 Å². The molecular formula is C30H33N5O2S. The molecule has 1 heterocycles. The van der Waals surface area contributed by atoms with E-state index in [0.717, 1.165) is 39.4 Å². The van der Waals surface area contributed by atoms with Crippen LogP contribution in [-0.4, -0.2) is 46.0 Å². The van der Waals surface area contributed by atoms with E-state index in [-0.39, 0.29) is 18.5 Å². The van der Waals surface area contributed by atoms with Crippen molar-refractivity contribution in [2.24, 2.45) is 0 Å². The number of nitrogens with one attached hydrogen (secondary N) is 2. The van der Waals surface area contributed by atoms with Gasteiger partial charge >= 0.3 is 6.03 Å². The van der Waals surface area contributed by atoms with Crippen LogP contribution in [0.3, 0.4) is 0 Å². The molecule has 0 saturated carbocycles. The number of carbonyl (C=O) groups is 2. The molecule has 4 aromatic rings. The lowest BCUT2D eigenvalue weighted by atomic mass is 10.1. The van der Waals surface area contributed by atoms with Crippen molar-refractivity contribution in [2.75, 3.05) is 30.0 Å². The summed E-state index contributed by atoms with van der Waals surface area (Å²) in [5.41, 5.74) is 5.20. The summed E-state index contributed by atoms with van der Waals surface area (Å²) in [6.07, 6.45) is 2.73. The molecule has 3 amide bonds. The number of hydrogen-bond donors (Lipinski definition) is 2. The van der Waals surface area contributed by atoms with E-state index in [2.05, 4.69) is 10.6 Å². The van der Waals surface area contributed by atoms with Gasteiger partial charge in [-0.15, -0.1) is 11.8 Å². The van der Waals surface area contributed by atoms with Gasteiger partial charge in [0.2, 0.25) is 5.91 Å². The van der Waals surface area contributed by atoms with E-state index in [0.29, 0.717) is 18.1 Å². The normalized spacial score (nSPS) is 10.7. The highest BCUT2D eigenvalue weighted by atomic mass is 32.2. The number of para-hydroxylation sites is 1. The molecule has 0 spiro atoms. The fourth-order valence-electron chi connectivity index (χ4n) is 4.31. The van der Waals surface area contributed by atoms with Gasteiger partial charge in [-0.25, -0.2) is 9.48 Å².